The quantitative estimate of drug-likeness (QED) is 0.790. The van der Waals surface area contributed by atoms with E-state index in [0.29, 0.717) is 18.7 Å². The third kappa shape index (κ3) is 3.33. The zero-order valence-electron chi connectivity index (χ0n) is 14.7. The number of benzene rings is 1. The van der Waals surface area contributed by atoms with Gasteiger partial charge in [0.15, 0.2) is 23.1 Å². The van der Waals surface area contributed by atoms with Gasteiger partial charge in [0.25, 0.3) is 0 Å². The van der Waals surface area contributed by atoms with E-state index < -0.39 is 29.0 Å². The van der Waals surface area contributed by atoms with Crippen LogP contribution in [0.15, 0.2) is 28.3 Å². The lowest BCUT2D eigenvalue weighted by Gasteiger charge is -2.17. The molecule has 1 aromatic carbocycles. The molecule has 4 rings (SSSR count). The van der Waals surface area contributed by atoms with Gasteiger partial charge in [0.2, 0.25) is 23.2 Å². The summed E-state index contributed by atoms with van der Waals surface area (Å²) in [5.74, 6) is -6.25. The number of halogens is 3. The molecule has 2 aliphatic rings. The van der Waals surface area contributed by atoms with E-state index >= 15 is 0 Å². The molecule has 2 aromatic rings. The van der Waals surface area contributed by atoms with Gasteiger partial charge in [-0.05, 0) is 38.1 Å². The predicted octanol–water partition coefficient (Wildman–Crippen LogP) is 2.71. The summed E-state index contributed by atoms with van der Waals surface area (Å²) in [5.41, 5.74) is -0.362. The molecule has 0 atom stereocenters. The Labute approximate surface area is 158 Å². The molecule has 0 amide bonds. The van der Waals surface area contributed by atoms with Crippen LogP contribution in [0.4, 0.5) is 13.2 Å². The number of Topliss-reactive ketones (excluding diaryl/α,β-unsaturated/α-hetero) is 1. The van der Waals surface area contributed by atoms with Crippen LogP contribution in [0.2, 0.25) is 0 Å². The number of carbonyl (C=O) groups excluding carboxylic acids is 2. The molecule has 28 heavy (non-hydrogen) atoms. The summed E-state index contributed by atoms with van der Waals surface area (Å²) in [6.45, 7) is 3.24. The Morgan fingerprint density at radius 3 is 2.46 bits per heavy atom. The van der Waals surface area contributed by atoms with Gasteiger partial charge in [-0.25, -0.2) is 18.2 Å². The molecule has 1 aliphatic carbocycles. The molecule has 9 heteroatoms. The average molecular weight is 391 g/mol. The lowest BCUT2D eigenvalue weighted by atomic mass is 10.0. The molecular formula is C19H16F3N3O3. The Hall–Kier alpha value is -2.94. The number of hydrogen-bond acceptors (Lipinski definition) is 6. The number of nitrogens with one attached hydrogen (secondary N) is 1. The van der Waals surface area contributed by atoms with E-state index in [2.05, 4.69) is 15.2 Å². The van der Waals surface area contributed by atoms with Crippen LogP contribution >= 0.6 is 0 Å². The number of carbonyl (C=O) groups is 2. The molecule has 0 radical (unpaired) electrons. The van der Waals surface area contributed by atoms with Crippen LogP contribution in [0.25, 0.3) is 11.5 Å². The maximum atomic E-state index is 13.4. The minimum Gasteiger partial charge on any atom is -0.432 e. The van der Waals surface area contributed by atoms with Crippen molar-refractivity contribution in [3.63, 3.8) is 0 Å². The lowest BCUT2D eigenvalue weighted by Crippen LogP contribution is -2.33. The molecule has 1 aromatic heterocycles. The lowest BCUT2D eigenvalue weighted by molar-refractivity contribution is 0.0960. The number of nitrogens with zero attached hydrogens (tertiary/aromatic N) is 2. The van der Waals surface area contributed by atoms with Gasteiger partial charge in [-0.15, -0.1) is 0 Å². The Morgan fingerprint density at radius 1 is 1.11 bits per heavy atom. The molecule has 146 valence electrons. The summed E-state index contributed by atoms with van der Waals surface area (Å²) in [6.07, 6.45) is 3.42. The fourth-order valence-corrected chi connectivity index (χ4v) is 3.32. The minimum atomic E-state index is -1.63. The van der Waals surface area contributed by atoms with E-state index in [9.17, 15) is 22.8 Å². The van der Waals surface area contributed by atoms with Crippen molar-refractivity contribution in [2.75, 3.05) is 26.2 Å². The van der Waals surface area contributed by atoms with Crippen molar-refractivity contribution < 1.29 is 27.2 Å². The summed E-state index contributed by atoms with van der Waals surface area (Å²) in [7, 11) is 0. The standard InChI is InChI=1S/C19H16F3N3O3/c20-11-7-10(8-12(21)15(11)22)19-24-16-17(27)13(9-14(26)18(16)28-19)23-3-6-25-4-1-2-5-25/h7-9,23H,1-6H2. The number of rotatable bonds is 5. The van der Waals surface area contributed by atoms with Crippen molar-refractivity contribution in [2.45, 2.75) is 12.8 Å². The second kappa shape index (κ2) is 7.23. The number of aromatic nitrogens is 1. The first kappa shape index (κ1) is 18.4. The van der Waals surface area contributed by atoms with Crippen LogP contribution < -0.4 is 5.32 Å². The first-order valence-electron chi connectivity index (χ1n) is 8.86. The monoisotopic (exact) mass is 391 g/mol. The summed E-state index contributed by atoms with van der Waals surface area (Å²) in [6, 6.07) is 1.38. The Kier molecular flexibility index (Phi) is 4.76. The van der Waals surface area contributed by atoms with Crippen molar-refractivity contribution in [2.24, 2.45) is 0 Å². The van der Waals surface area contributed by atoms with Crippen molar-refractivity contribution in [1.29, 1.82) is 0 Å². The summed E-state index contributed by atoms with van der Waals surface area (Å²) >= 11 is 0. The van der Waals surface area contributed by atoms with E-state index in [-0.39, 0.29) is 28.6 Å². The van der Waals surface area contributed by atoms with Crippen molar-refractivity contribution in [3.05, 3.63) is 52.8 Å². The number of fused-ring (bicyclic) bond motifs is 1. The van der Waals surface area contributed by atoms with Gasteiger partial charge >= 0.3 is 0 Å². The molecule has 1 aliphatic heterocycles. The van der Waals surface area contributed by atoms with E-state index in [1.165, 1.54) is 0 Å². The molecule has 0 spiro atoms. The molecule has 1 fully saturated rings. The van der Waals surface area contributed by atoms with Gasteiger partial charge in [-0.2, -0.15) is 0 Å². The number of oxazole rings is 1. The number of allylic oxidation sites excluding steroid dienone is 2. The number of hydrogen-bond donors (Lipinski definition) is 1. The van der Waals surface area contributed by atoms with Gasteiger partial charge in [0.1, 0.15) is 0 Å². The number of ketones is 2. The fourth-order valence-electron chi connectivity index (χ4n) is 3.32. The summed E-state index contributed by atoms with van der Waals surface area (Å²) in [4.78, 5) is 31.0. The molecule has 0 bridgehead atoms. The van der Waals surface area contributed by atoms with Crippen molar-refractivity contribution in [1.82, 2.24) is 15.2 Å². The highest BCUT2D eigenvalue weighted by Crippen LogP contribution is 2.28. The van der Waals surface area contributed by atoms with E-state index in [1.54, 1.807) is 0 Å². The predicted molar refractivity (Wildman–Crippen MR) is 92.2 cm³/mol. The Balaban J connectivity index is 1.54. The summed E-state index contributed by atoms with van der Waals surface area (Å²) in [5, 5.41) is 2.94. The van der Waals surface area contributed by atoms with Crippen LogP contribution in [0.5, 0.6) is 0 Å². The van der Waals surface area contributed by atoms with E-state index in [1.807, 2.05) is 0 Å². The van der Waals surface area contributed by atoms with Crippen LogP contribution in [-0.2, 0) is 0 Å². The Morgan fingerprint density at radius 2 is 1.79 bits per heavy atom. The van der Waals surface area contributed by atoms with Gasteiger partial charge < -0.3 is 14.6 Å². The van der Waals surface area contributed by atoms with E-state index in [4.69, 9.17) is 4.42 Å². The highest BCUT2D eigenvalue weighted by atomic mass is 19.2. The largest absolute Gasteiger partial charge is 0.432 e. The topological polar surface area (TPSA) is 75.4 Å². The van der Waals surface area contributed by atoms with Crippen molar-refractivity contribution in [3.8, 4) is 11.5 Å². The molecule has 1 N–H and O–H groups in total. The van der Waals surface area contributed by atoms with Gasteiger partial charge in [0.05, 0.1) is 5.70 Å². The van der Waals surface area contributed by atoms with E-state index in [0.717, 1.165) is 38.6 Å². The first-order valence-corrected chi connectivity index (χ1v) is 8.86. The first-order chi connectivity index (χ1) is 13.4. The molecule has 1 saturated heterocycles. The fraction of sp³-hybridized carbons (Fsp3) is 0.316. The SMILES string of the molecule is O=C1C(NCCN2CCCC2)=CC(=O)c2oc(-c3cc(F)c(F)c(F)c3)nc21. The Bertz CT molecular complexity index is 971. The molecule has 0 unspecified atom stereocenters. The molecule has 6 nitrogen and oxygen atoms in total. The average Bonchev–Trinajstić information content (AvgIpc) is 3.33. The van der Waals surface area contributed by atoms with Crippen LogP contribution in [0.3, 0.4) is 0 Å². The van der Waals surface area contributed by atoms with Crippen LogP contribution in [0, 0.1) is 17.5 Å². The number of likely N-dealkylation sites (tertiary alicyclic amines) is 1. The molecule has 0 saturated carbocycles. The smallest absolute Gasteiger partial charge is 0.231 e. The maximum Gasteiger partial charge on any atom is 0.231 e. The second-order valence-corrected chi connectivity index (χ2v) is 6.68. The van der Waals surface area contributed by atoms with Gasteiger partial charge in [-0.1, -0.05) is 0 Å². The third-order valence-corrected chi connectivity index (χ3v) is 4.76. The van der Waals surface area contributed by atoms with Crippen LogP contribution in [0.1, 0.15) is 33.9 Å². The van der Waals surface area contributed by atoms with Crippen molar-refractivity contribution >= 4 is 11.6 Å². The molecular weight excluding hydrogens is 375 g/mol. The van der Waals surface area contributed by atoms with Gasteiger partial charge in [-0.3, -0.25) is 9.59 Å². The highest BCUT2D eigenvalue weighted by Gasteiger charge is 2.32. The minimum absolute atomic E-state index is 0.0908. The third-order valence-electron chi connectivity index (χ3n) is 4.76. The highest BCUT2D eigenvalue weighted by molar-refractivity contribution is 6.22. The summed E-state index contributed by atoms with van der Waals surface area (Å²) < 4.78 is 45.3. The van der Waals surface area contributed by atoms with Crippen LogP contribution in [-0.4, -0.2) is 47.6 Å². The maximum absolute atomic E-state index is 13.4. The normalized spacial score (nSPS) is 17.0. The zero-order chi connectivity index (χ0) is 19.8. The second-order valence-electron chi connectivity index (χ2n) is 6.68. The van der Waals surface area contributed by atoms with Gasteiger partial charge in [0, 0.05) is 24.7 Å². The molecule has 2 heterocycles. The zero-order valence-corrected chi connectivity index (χ0v) is 14.7.